The molecule has 5 nitrogen and oxygen atoms in total. The van der Waals surface area contributed by atoms with Crippen LogP contribution < -0.4 is 5.32 Å². The van der Waals surface area contributed by atoms with E-state index >= 15 is 0 Å². The van der Waals surface area contributed by atoms with Crippen molar-refractivity contribution in [2.75, 3.05) is 13.7 Å². The SMILES string of the molecule is CCCCCCCC(=O)NCC(O)C(=O)OC. The highest BCUT2D eigenvalue weighted by molar-refractivity contribution is 5.78. The Morgan fingerprint density at radius 3 is 2.47 bits per heavy atom. The minimum absolute atomic E-state index is 0.0829. The molecule has 0 saturated heterocycles. The molecule has 0 spiro atoms. The van der Waals surface area contributed by atoms with Crippen LogP contribution in [0.5, 0.6) is 0 Å². The predicted octanol–water partition coefficient (Wildman–Crippen LogP) is 0.997. The van der Waals surface area contributed by atoms with E-state index < -0.39 is 12.1 Å². The minimum atomic E-state index is -1.27. The Morgan fingerprint density at radius 1 is 1.24 bits per heavy atom. The van der Waals surface area contributed by atoms with Crippen LogP contribution in [0, 0.1) is 0 Å². The molecule has 0 heterocycles. The van der Waals surface area contributed by atoms with E-state index in [1.54, 1.807) is 0 Å². The van der Waals surface area contributed by atoms with Crippen molar-refractivity contribution in [1.82, 2.24) is 5.32 Å². The summed E-state index contributed by atoms with van der Waals surface area (Å²) in [6.07, 6.45) is 4.58. The number of methoxy groups -OCH3 is 1. The molecule has 5 heteroatoms. The van der Waals surface area contributed by atoms with Crippen molar-refractivity contribution in [2.24, 2.45) is 0 Å². The van der Waals surface area contributed by atoms with Crippen LogP contribution in [0.25, 0.3) is 0 Å². The number of ether oxygens (including phenoxy) is 1. The van der Waals surface area contributed by atoms with E-state index in [0.29, 0.717) is 6.42 Å². The van der Waals surface area contributed by atoms with Crippen LogP contribution in [0.2, 0.25) is 0 Å². The molecule has 0 aliphatic heterocycles. The lowest BCUT2D eigenvalue weighted by Gasteiger charge is -2.09. The van der Waals surface area contributed by atoms with Crippen molar-refractivity contribution in [3.05, 3.63) is 0 Å². The summed E-state index contributed by atoms with van der Waals surface area (Å²) in [5, 5.41) is 11.7. The van der Waals surface area contributed by atoms with Gasteiger partial charge in [-0.2, -0.15) is 0 Å². The first-order valence-electron chi connectivity index (χ1n) is 6.14. The normalized spacial score (nSPS) is 11.9. The van der Waals surface area contributed by atoms with Crippen LogP contribution in [0.1, 0.15) is 45.4 Å². The quantitative estimate of drug-likeness (QED) is 0.469. The summed E-state index contributed by atoms with van der Waals surface area (Å²) in [5.41, 5.74) is 0. The highest BCUT2D eigenvalue weighted by Gasteiger charge is 2.15. The second-order valence-electron chi connectivity index (χ2n) is 4.01. The van der Waals surface area contributed by atoms with Crippen LogP contribution in [-0.4, -0.2) is 36.7 Å². The molecular weight excluding hydrogens is 222 g/mol. The topological polar surface area (TPSA) is 75.6 Å². The molecule has 100 valence electrons. The van der Waals surface area contributed by atoms with Gasteiger partial charge in [0.05, 0.1) is 13.7 Å². The first-order chi connectivity index (χ1) is 8.11. The molecular formula is C12H23NO4. The van der Waals surface area contributed by atoms with Gasteiger partial charge in [0.2, 0.25) is 5.91 Å². The number of aliphatic hydroxyl groups is 1. The number of rotatable bonds is 9. The Morgan fingerprint density at radius 2 is 1.88 bits per heavy atom. The van der Waals surface area contributed by atoms with E-state index in [9.17, 15) is 14.7 Å². The Hall–Kier alpha value is -1.10. The number of esters is 1. The van der Waals surface area contributed by atoms with Gasteiger partial charge in [0.15, 0.2) is 6.10 Å². The third-order valence-corrected chi connectivity index (χ3v) is 2.47. The van der Waals surface area contributed by atoms with E-state index in [1.165, 1.54) is 20.0 Å². The van der Waals surface area contributed by atoms with Crippen molar-refractivity contribution < 1.29 is 19.4 Å². The fraction of sp³-hybridized carbons (Fsp3) is 0.833. The van der Waals surface area contributed by atoms with Crippen LogP contribution in [0.4, 0.5) is 0 Å². The molecule has 0 aromatic heterocycles. The zero-order valence-electron chi connectivity index (χ0n) is 10.7. The van der Waals surface area contributed by atoms with Gasteiger partial charge in [-0.3, -0.25) is 4.79 Å². The van der Waals surface area contributed by atoms with Gasteiger partial charge in [0.25, 0.3) is 0 Å². The number of aliphatic hydroxyl groups excluding tert-OH is 1. The number of hydrogen-bond acceptors (Lipinski definition) is 4. The van der Waals surface area contributed by atoms with Gasteiger partial charge in [-0.05, 0) is 6.42 Å². The first-order valence-corrected chi connectivity index (χ1v) is 6.14. The van der Waals surface area contributed by atoms with Gasteiger partial charge in [0, 0.05) is 6.42 Å². The van der Waals surface area contributed by atoms with Crippen molar-refractivity contribution >= 4 is 11.9 Å². The van der Waals surface area contributed by atoms with E-state index in [0.717, 1.165) is 19.3 Å². The lowest BCUT2D eigenvalue weighted by molar-refractivity contribution is -0.150. The Labute approximate surface area is 103 Å². The van der Waals surface area contributed by atoms with Gasteiger partial charge >= 0.3 is 5.97 Å². The van der Waals surface area contributed by atoms with Crippen molar-refractivity contribution in [1.29, 1.82) is 0 Å². The maximum absolute atomic E-state index is 11.3. The van der Waals surface area contributed by atoms with Gasteiger partial charge in [0.1, 0.15) is 0 Å². The molecule has 1 amide bonds. The fourth-order valence-electron chi connectivity index (χ4n) is 1.41. The van der Waals surface area contributed by atoms with E-state index in [-0.39, 0.29) is 12.5 Å². The molecule has 0 saturated carbocycles. The molecule has 0 aliphatic carbocycles. The van der Waals surface area contributed by atoms with Crippen molar-refractivity contribution in [2.45, 2.75) is 51.6 Å². The summed E-state index contributed by atoms with van der Waals surface area (Å²) in [4.78, 5) is 22.1. The van der Waals surface area contributed by atoms with Crippen LogP contribution >= 0.6 is 0 Å². The maximum Gasteiger partial charge on any atom is 0.336 e. The van der Waals surface area contributed by atoms with E-state index in [2.05, 4.69) is 17.0 Å². The van der Waals surface area contributed by atoms with Crippen LogP contribution in [0.15, 0.2) is 0 Å². The lowest BCUT2D eigenvalue weighted by Crippen LogP contribution is -2.37. The maximum atomic E-state index is 11.3. The molecule has 17 heavy (non-hydrogen) atoms. The zero-order chi connectivity index (χ0) is 13.1. The average molecular weight is 245 g/mol. The number of amides is 1. The van der Waals surface area contributed by atoms with E-state index in [1.807, 2.05) is 0 Å². The summed E-state index contributed by atoms with van der Waals surface area (Å²) in [5.74, 6) is -0.863. The smallest absolute Gasteiger partial charge is 0.336 e. The van der Waals surface area contributed by atoms with Crippen molar-refractivity contribution in [3.8, 4) is 0 Å². The average Bonchev–Trinajstić information content (AvgIpc) is 2.34. The molecule has 0 radical (unpaired) electrons. The number of hydrogen-bond donors (Lipinski definition) is 2. The standard InChI is InChI=1S/C12H23NO4/c1-3-4-5-6-7-8-11(15)13-9-10(14)12(16)17-2/h10,14H,3-9H2,1-2H3,(H,13,15). The summed E-state index contributed by atoms with van der Waals surface area (Å²) in [6.45, 7) is 2.06. The second kappa shape index (κ2) is 10.1. The molecule has 0 fully saturated rings. The summed E-state index contributed by atoms with van der Waals surface area (Å²) >= 11 is 0. The molecule has 1 atom stereocenters. The first kappa shape index (κ1) is 15.9. The second-order valence-corrected chi connectivity index (χ2v) is 4.01. The van der Waals surface area contributed by atoms with Crippen molar-refractivity contribution in [3.63, 3.8) is 0 Å². The van der Waals surface area contributed by atoms with Gasteiger partial charge in [-0.15, -0.1) is 0 Å². The Balaban J connectivity index is 3.49. The summed E-state index contributed by atoms with van der Waals surface area (Å²) < 4.78 is 4.33. The van der Waals surface area contributed by atoms with E-state index in [4.69, 9.17) is 0 Å². The third kappa shape index (κ3) is 8.68. The summed E-state index contributed by atoms with van der Waals surface area (Å²) in [6, 6.07) is 0. The number of carbonyl (C=O) groups excluding carboxylic acids is 2. The zero-order valence-corrected chi connectivity index (χ0v) is 10.7. The molecule has 2 N–H and O–H groups in total. The molecule has 0 rings (SSSR count). The highest BCUT2D eigenvalue weighted by Crippen LogP contribution is 2.04. The largest absolute Gasteiger partial charge is 0.467 e. The third-order valence-electron chi connectivity index (χ3n) is 2.47. The van der Waals surface area contributed by atoms with Gasteiger partial charge < -0.3 is 15.2 Å². The molecule has 1 unspecified atom stereocenters. The Kier molecular flexibility index (Phi) is 9.43. The predicted molar refractivity (Wildman–Crippen MR) is 64.4 cm³/mol. The molecule has 0 bridgehead atoms. The van der Waals surface area contributed by atoms with Gasteiger partial charge in [-0.1, -0.05) is 32.6 Å². The molecule has 0 aromatic carbocycles. The molecule has 0 aromatic rings. The lowest BCUT2D eigenvalue weighted by atomic mass is 10.1. The monoisotopic (exact) mass is 245 g/mol. The fourth-order valence-corrected chi connectivity index (χ4v) is 1.41. The summed E-state index contributed by atoms with van der Waals surface area (Å²) in [7, 11) is 1.20. The number of carbonyl (C=O) groups is 2. The Bertz CT molecular complexity index is 231. The van der Waals surface area contributed by atoms with Crippen LogP contribution in [-0.2, 0) is 14.3 Å². The number of unbranched alkanes of at least 4 members (excludes halogenated alkanes) is 4. The number of nitrogens with one attached hydrogen (secondary N) is 1. The minimum Gasteiger partial charge on any atom is -0.467 e. The van der Waals surface area contributed by atoms with Gasteiger partial charge in [-0.25, -0.2) is 4.79 Å². The molecule has 0 aliphatic rings. The highest BCUT2D eigenvalue weighted by atomic mass is 16.5. The van der Waals surface area contributed by atoms with Crippen LogP contribution in [0.3, 0.4) is 0 Å².